The quantitative estimate of drug-likeness (QED) is 0.390. The van der Waals surface area contributed by atoms with Crippen LogP contribution in [0.2, 0.25) is 0 Å². The Bertz CT molecular complexity index is 307. The number of carboxylic acid groups (broad SMARTS) is 1. The minimum absolute atomic E-state index is 0.260. The molecule has 1 saturated carbocycles. The van der Waals surface area contributed by atoms with Crippen molar-refractivity contribution in [3.8, 4) is 0 Å². The minimum Gasteiger partial charge on any atom is -0.450 e. The summed E-state index contributed by atoms with van der Waals surface area (Å²) in [6.07, 6.45) is 15.9. The van der Waals surface area contributed by atoms with Gasteiger partial charge in [0, 0.05) is 0 Å². The topological polar surface area (TPSA) is 46.5 Å². The molecule has 0 aromatic heterocycles. The van der Waals surface area contributed by atoms with Crippen molar-refractivity contribution in [2.24, 2.45) is 11.8 Å². The predicted molar refractivity (Wildman–Crippen MR) is 77.2 cm³/mol. The first kappa shape index (κ1) is 15.8. The summed E-state index contributed by atoms with van der Waals surface area (Å²) < 4.78 is 4.45. The van der Waals surface area contributed by atoms with E-state index < -0.39 is 6.16 Å². The van der Waals surface area contributed by atoms with Gasteiger partial charge >= 0.3 is 6.16 Å². The van der Waals surface area contributed by atoms with Crippen LogP contribution in [0.15, 0.2) is 24.3 Å². The van der Waals surface area contributed by atoms with Crippen molar-refractivity contribution >= 4 is 6.16 Å². The number of unbranched alkanes of at least 4 members (excludes halogenated alkanes) is 1. The van der Waals surface area contributed by atoms with Gasteiger partial charge in [0.25, 0.3) is 0 Å². The van der Waals surface area contributed by atoms with Crippen LogP contribution in [0.5, 0.6) is 0 Å². The van der Waals surface area contributed by atoms with Crippen LogP contribution in [0, 0.1) is 11.8 Å². The highest BCUT2D eigenvalue weighted by Crippen LogP contribution is 2.35. The van der Waals surface area contributed by atoms with Gasteiger partial charge in [0.05, 0.1) is 6.61 Å². The number of hydrogen-bond acceptors (Lipinski definition) is 2. The Kier molecular flexibility index (Phi) is 8.03. The van der Waals surface area contributed by atoms with Gasteiger partial charge in [-0.1, -0.05) is 44.1 Å². The molecule has 0 heterocycles. The summed E-state index contributed by atoms with van der Waals surface area (Å²) in [4.78, 5) is 10.2. The molecule has 3 heteroatoms. The summed E-state index contributed by atoms with van der Waals surface area (Å²) in [5.41, 5.74) is 0. The van der Waals surface area contributed by atoms with Crippen molar-refractivity contribution in [2.75, 3.05) is 6.61 Å². The Morgan fingerprint density at radius 2 is 2.11 bits per heavy atom. The molecule has 2 atom stereocenters. The third-order valence-corrected chi connectivity index (χ3v) is 3.67. The van der Waals surface area contributed by atoms with Crippen LogP contribution < -0.4 is 0 Å². The van der Waals surface area contributed by atoms with E-state index in [9.17, 15) is 4.79 Å². The molecule has 0 aliphatic heterocycles. The summed E-state index contributed by atoms with van der Waals surface area (Å²) in [5.74, 6) is 1.51. The molecular weight excluding hydrogens is 240 g/mol. The summed E-state index contributed by atoms with van der Waals surface area (Å²) in [7, 11) is 0. The Balaban J connectivity index is 2.19. The predicted octanol–water partition coefficient (Wildman–Crippen LogP) is 4.79. The fraction of sp³-hybridized carbons (Fsp3) is 0.688. The Labute approximate surface area is 116 Å². The van der Waals surface area contributed by atoms with Crippen molar-refractivity contribution < 1.29 is 14.6 Å². The van der Waals surface area contributed by atoms with Gasteiger partial charge in [0.1, 0.15) is 0 Å². The molecule has 0 aromatic carbocycles. The first-order valence-electron chi connectivity index (χ1n) is 7.41. The molecule has 1 rings (SSSR count). The number of carbonyl (C=O) groups is 1. The molecule has 1 fully saturated rings. The summed E-state index contributed by atoms with van der Waals surface area (Å²) in [6.45, 7) is 2.47. The van der Waals surface area contributed by atoms with Crippen LogP contribution in [-0.2, 0) is 4.74 Å². The normalized spacial score (nSPS) is 23.4. The van der Waals surface area contributed by atoms with Gasteiger partial charge in [-0.2, -0.15) is 0 Å². The molecule has 0 spiro atoms. The number of allylic oxidation sites excluding steroid dienone is 3. The van der Waals surface area contributed by atoms with E-state index in [1.807, 2.05) is 6.08 Å². The van der Waals surface area contributed by atoms with Crippen molar-refractivity contribution in [3.63, 3.8) is 0 Å². The highest BCUT2D eigenvalue weighted by atomic mass is 16.7. The van der Waals surface area contributed by atoms with Crippen LogP contribution in [0.1, 0.15) is 51.9 Å². The van der Waals surface area contributed by atoms with Gasteiger partial charge in [-0.15, -0.1) is 0 Å². The molecule has 0 bridgehead atoms. The maximum Gasteiger partial charge on any atom is 0.505 e. The van der Waals surface area contributed by atoms with Gasteiger partial charge in [0.15, 0.2) is 0 Å². The van der Waals surface area contributed by atoms with Crippen LogP contribution in [0.4, 0.5) is 4.79 Å². The number of hydrogen-bond donors (Lipinski definition) is 1. The van der Waals surface area contributed by atoms with Gasteiger partial charge in [-0.25, -0.2) is 4.79 Å². The van der Waals surface area contributed by atoms with E-state index in [4.69, 9.17) is 5.11 Å². The highest BCUT2D eigenvalue weighted by molar-refractivity contribution is 5.56. The lowest BCUT2D eigenvalue weighted by molar-refractivity contribution is 0.0932. The van der Waals surface area contributed by atoms with E-state index in [0.29, 0.717) is 6.42 Å². The van der Waals surface area contributed by atoms with E-state index in [2.05, 4.69) is 29.9 Å². The molecule has 19 heavy (non-hydrogen) atoms. The zero-order chi connectivity index (χ0) is 13.9. The highest BCUT2D eigenvalue weighted by Gasteiger charge is 2.23. The first-order valence-corrected chi connectivity index (χ1v) is 7.41. The molecule has 3 nitrogen and oxygen atoms in total. The monoisotopic (exact) mass is 266 g/mol. The molecule has 0 amide bonds. The van der Waals surface area contributed by atoms with E-state index in [0.717, 1.165) is 18.3 Å². The lowest BCUT2D eigenvalue weighted by Gasteiger charge is -2.13. The van der Waals surface area contributed by atoms with Gasteiger partial charge in [-0.3, -0.25) is 0 Å². The van der Waals surface area contributed by atoms with E-state index >= 15 is 0 Å². The minimum atomic E-state index is -1.19. The van der Waals surface area contributed by atoms with Gasteiger partial charge < -0.3 is 9.84 Å². The second-order valence-electron chi connectivity index (χ2n) is 5.18. The summed E-state index contributed by atoms with van der Waals surface area (Å²) in [6, 6.07) is 0. The maximum atomic E-state index is 10.2. The molecule has 0 radical (unpaired) electrons. The molecule has 0 unspecified atom stereocenters. The maximum absolute atomic E-state index is 10.2. The third kappa shape index (κ3) is 7.04. The van der Waals surface area contributed by atoms with Crippen molar-refractivity contribution in [1.82, 2.24) is 0 Å². The Morgan fingerprint density at radius 3 is 2.84 bits per heavy atom. The molecule has 1 N–H and O–H groups in total. The smallest absolute Gasteiger partial charge is 0.450 e. The van der Waals surface area contributed by atoms with Crippen LogP contribution in [-0.4, -0.2) is 17.9 Å². The standard InChI is InChI=1S/C16H26O3/c1-2-3-5-9-14-11-8-12-15(14)10-6-4-7-13-19-16(17)18/h4-6,9,14-15H,2-3,7-8,10-13H2,1H3,(H,17,18)/t14-,15-/m0/s1. The number of rotatable bonds is 8. The zero-order valence-electron chi connectivity index (χ0n) is 11.9. The van der Waals surface area contributed by atoms with Crippen molar-refractivity contribution in [2.45, 2.75) is 51.9 Å². The van der Waals surface area contributed by atoms with Gasteiger partial charge in [-0.05, 0) is 43.9 Å². The van der Waals surface area contributed by atoms with Gasteiger partial charge in [0.2, 0.25) is 0 Å². The first-order chi connectivity index (χ1) is 9.24. The number of ether oxygens (including phenoxy) is 1. The van der Waals surface area contributed by atoms with E-state index in [1.54, 1.807) is 0 Å². The second-order valence-corrected chi connectivity index (χ2v) is 5.18. The van der Waals surface area contributed by atoms with Crippen LogP contribution in [0.3, 0.4) is 0 Å². The molecule has 108 valence electrons. The third-order valence-electron chi connectivity index (χ3n) is 3.67. The van der Waals surface area contributed by atoms with Crippen molar-refractivity contribution in [3.05, 3.63) is 24.3 Å². The SMILES string of the molecule is CCCC=C[C@H]1CCC[C@@H]1CC=CCCOC(=O)O. The second kappa shape index (κ2) is 9.65. The van der Waals surface area contributed by atoms with Crippen molar-refractivity contribution in [1.29, 1.82) is 0 Å². The molecule has 1 aliphatic rings. The Morgan fingerprint density at radius 1 is 1.26 bits per heavy atom. The lowest BCUT2D eigenvalue weighted by Crippen LogP contribution is -2.04. The molecular formula is C16H26O3. The molecule has 1 aliphatic carbocycles. The summed E-state index contributed by atoms with van der Waals surface area (Å²) >= 11 is 0. The summed E-state index contributed by atoms with van der Waals surface area (Å²) in [5, 5.41) is 8.33. The average molecular weight is 266 g/mol. The fourth-order valence-corrected chi connectivity index (χ4v) is 2.65. The van der Waals surface area contributed by atoms with Crippen LogP contribution >= 0.6 is 0 Å². The Hall–Kier alpha value is -1.25. The molecule has 0 aromatic rings. The van der Waals surface area contributed by atoms with E-state index in [1.165, 1.54) is 32.1 Å². The van der Waals surface area contributed by atoms with Crippen LogP contribution in [0.25, 0.3) is 0 Å². The lowest BCUT2D eigenvalue weighted by atomic mass is 9.92. The average Bonchev–Trinajstić information content (AvgIpc) is 2.81. The van der Waals surface area contributed by atoms with E-state index in [-0.39, 0.29) is 6.61 Å². The molecule has 0 saturated heterocycles. The largest absolute Gasteiger partial charge is 0.505 e. The fourth-order valence-electron chi connectivity index (χ4n) is 2.65. The zero-order valence-corrected chi connectivity index (χ0v) is 11.9.